The third kappa shape index (κ3) is 3.29. The van der Waals surface area contributed by atoms with Gasteiger partial charge in [0.25, 0.3) is 0 Å². The summed E-state index contributed by atoms with van der Waals surface area (Å²) in [6.07, 6.45) is 7.31. The summed E-state index contributed by atoms with van der Waals surface area (Å²) in [5, 5.41) is 3.60. The molecule has 0 amide bonds. The molecule has 1 aliphatic heterocycles. The SMILES string of the molecule is Cc1ccnc(N(CC2CC2)CC2CCCN2)c1Br. The minimum atomic E-state index is 0.632. The van der Waals surface area contributed by atoms with E-state index in [-0.39, 0.29) is 0 Å². The highest BCUT2D eigenvalue weighted by Gasteiger charge is 2.28. The normalized spacial score (nSPS) is 22.7. The van der Waals surface area contributed by atoms with Gasteiger partial charge in [0, 0.05) is 25.3 Å². The Balaban J connectivity index is 1.78. The molecule has 1 atom stereocenters. The number of aromatic nitrogens is 1. The highest BCUT2D eigenvalue weighted by atomic mass is 79.9. The van der Waals surface area contributed by atoms with Gasteiger partial charge in [0.1, 0.15) is 5.82 Å². The van der Waals surface area contributed by atoms with E-state index in [2.05, 4.69) is 44.1 Å². The van der Waals surface area contributed by atoms with Crippen LogP contribution >= 0.6 is 15.9 Å². The van der Waals surface area contributed by atoms with Crippen molar-refractivity contribution in [3.05, 3.63) is 22.3 Å². The Morgan fingerprint density at radius 1 is 1.37 bits per heavy atom. The minimum Gasteiger partial charge on any atom is -0.354 e. The zero-order chi connectivity index (χ0) is 13.2. The molecule has 1 unspecified atom stereocenters. The van der Waals surface area contributed by atoms with E-state index >= 15 is 0 Å². The van der Waals surface area contributed by atoms with Gasteiger partial charge in [0.2, 0.25) is 0 Å². The molecule has 1 aliphatic carbocycles. The molecule has 2 fully saturated rings. The van der Waals surface area contributed by atoms with Crippen LogP contribution in [-0.2, 0) is 0 Å². The molecule has 19 heavy (non-hydrogen) atoms. The Kier molecular flexibility index (Phi) is 4.08. The number of nitrogens with zero attached hydrogens (tertiary/aromatic N) is 2. The standard InChI is InChI=1S/C15H22BrN3/c1-11-6-8-18-15(14(11)16)19(9-12-4-5-12)10-13-3-2-7-17-13/h6,8,12-13,17H,2-5,7,9-10H2,1H3. The van der Waals surface area contributed by atoms with E-state index in [0.717, 1.165) is 29.3 Å². The van der Waals surface area contributed by atoms with Crippen molar-refractivity contribution in [1.82, 2.24) is 10.3 Å². The molecule has 104 valence electrons. The molecule has 1 N–H and O–H groups in total. The van der Waals surface area contributed by atoms with Gasteiger partial charge in [0.15, 0.2) is 0 Å². The zero-order valence-corrected chi connectivity index (χ0v) is 13.1. The molecule has 0 radical (unpaired) electrons. The summed E-state index contributed by atoms with van der Waals surface area (Å²) in [7, 11) is 0. The molecule has 1 saturated carbocycles. The van der Waals surface area contributed by atoms with E-state index < -0.39 is 0 Å². The van der Waals surface area contributed by atoms with Crippen molar-refractivity contribution in [3.63, 3.8) is 0 Å². The Labute approximate surface area is 123 Å². The number of halogens is 1. The lowest BCUT2D eigenvalue weighted by molar-refractivity contribution is 0.566. The van der Waals surface area contributed by atoms with E-state index in [9.17, 15) is 0 Å². The van der Waals surface area contributed by atoms with Crippen LogP contribution in [0, 0.1) is 12.8 Å². The van der Waals surface area contributed by atoms with Crippen molar-refractivity contribution in [2.45, 2.75) is 38.6 Å². The maximum absolute atomic E-state index is 4.61. The van der Waals surface area contributed by atoms with E-state index in [1.165, 1.54) is 37.8 Å². The van der Waals surface area contributed by atoms with Gasteiger partial charge in [-0.1, -0.05) is 0 Å². The molecule has 1 saturated heterocycles. The van der Waals surface area contributed by atoms with Crippen LogP contribution in [0.1, 0.15) is 31.2 Å². The van der Waals surface area contributed by atoms with Crippen molar-refractivity contribution in [1.29, 1.82) is 0 Å². The second-order valence-corrected chi connectivity index (χ2v) is 6.70. The largest absolute Gasteiger partial charge is 0.354 e. The molecular weight excluding hydrogens is 302 g/mol. The quantitative estimate of drug-likeness (QED) is 0.902. The summed E-state index contributed by atoms with van der Waals surface area (Å²) in [4.78, 5) is 7.10. The average molecular weight is 324 g/mol. The van der Waals surface area contributed by atoms with Gasteiger partial charge < -0.3 is 10.2 Å². The van der Waals surface area contributed by atoms with E-state index in [4.69, 9.17) is 0 Å². The first kappa shape index (κ1) is 13.4. The molecule has 2 heterocycles. The smallest absolute Gasteiger partial charge is 0.143 e. The summed E-state index contributed by atoms with van der Waals surface area (Å²) in [5.41, 5.74) is 1.27. The predicted octanol–water partition coefficient (Wildman–Crippen LogP) is 3.12. The molecular formula is C15H22BrN3. The first-order chi connectivity index (χ1) is 9.24. The van der Waals surface area contributed by atoms with E-state index in [1.54, 1.807) is 0 Å². The van der Waals surface area contributed by atoms with Gasteiger partial charge >= 0.3 is 0 Å². The van der Waals surface area contributed by atoms with Gasteiger partial charge in [-0.2, -0.15) is 0 Å². The highest BCUT2D eigenvalue weighted by Crippen LogP contribution is 2.34. The van der Waals surface area contributed by atoms with Crippen molar-refractivity contribution >= 4 is 21.7 Å². The van der Waals surface area contributed by atoms with Crippen LogP contribution in [0.4, 0.5) is 5.82 Å². The van der Waals surface area contributed by atoms with Crippen LogP contribution in [0.3, 0.4) is 0 Å². The van der Waals surface area contributed by atoms with Gasteiger partial charge in [0.05, 0.1) is 4.47 Å². The lowest BCUT2D eigenvalue weighted by atomic mass is 10.2. The molecule has 0 spiro atoms. The Morgan fingerprint density at radius 2 is 2.21 bits per heavy atom. The van der Waals surface area contributed by atoms with Crippen LogP contribution < -0.4 is 10.2 Å². The summed E-state index contributed by atoms with van der Waals surface area (Å²) in [5.74, 6) is 2.01. The first-order valence-electron chi connectivity index (χ1n) is 7.33. The lowest BCUT2D eigenvalue weighted by Crippen LogP contribution is -2.39. The lowest BCUT2D eigenvalue weighted by Gasteiger charge is -2.28. The maximum atomic E-state index is 4.61. The fourth-order valence-electron chi connectivity index (χ4n) is 2.78. The maximum Gasteiger partial charge on any atom is 0.143 e. The number of aryl methyl sites for hydroxylation is 1. The number of hydrogen-bond acceptors (Lipinski definition) is 3. The van der Waals surface area contributed by atoms with E-state index in [0.29, 0.717) is 6.04 Å². The van der Waals surface area contributed by atoms with Crippen LogP contribution in [0.25, 0.3) is 0 Å². The average Bonchev–Trinajstić information content (AvgIpc) is 3.06. The molecule has 1 aromatic rings. The minimum absolute atomic E-state index is 0.632. The number of pyridine rings is 1. The van der Waals surface area contributed by atoms with Gasteiger partial charge in [-0.3, -0.25) is 0 Å². The summed E-state index contributed by atoms with van der Waals surface area (Å²) < 4.78 is 1.16. The summed E-state index contributed by atoms with van der Waals surface area (Å²) in [6.45, 7) is 5.56. The molecule has 3 nitrogen and oxygen atoms in total. The van der Waals surface area contributed by atoms with Gasteiger partial charge in [-0.05, 0) is 72.6 Å². The molecule has 1 aromatic heterocycles. The fraction of sp³-hybridized carbons (Fsp3) is 0.667. The summed E-state index contributed by atoms with van der Waals surface area (Å²) >= 11 is 3.72. The third-order valence-electron chi connectivity index (χ3n) is 4.14. The molecule has 0 aromatic carbocycles. The van der Waals surface area contributed by atoms with Crippen LogP contribution in [0.5, 0.6) is 0 Å². The van der Waals surface area contributed by atoms with Crippen molar-refractivity contribution in [2.75, 3.05) is 24.5 Å². The van der Waals surface area contributed by atoms with Crippen molar-refractivity contribution < 1.29 is 0 Å². The number of rotatable bonds is 5. The first-order valence-corrected chi connectivity index (χ1v) is 8.13. The number of nitrogens with one attached hydrogen (secondary N) is 1. The van der Waals surface area contributed by atoms with Gasteiger partial charge in [-0.25, -0.2) is 4.98 Å². The molecule has 4 heteroatoms. The zero-order valence-electron chi connectivity index (χ0n) is 11.5. The van der Waals surface area contributed by atoms with Crippen molar-refractivity contribution in [3.8, 4) is 0 Å². The van der Waals surface area contributed by atoms with Crippen LogP contribution in [-0.4, -0.2) is 30.7 Å². The molecule has 3 rings (SSSR count). The van der Waals surface area contributed by atoms with Crippen LogP contribution in [0.2, 0.25) is 0 Å². The van der Waals surface area contributed by atoms with Crippen molar-refractivity contribution in [2.24, 2.45) is 5.92 Å². The molecule has 0 bridgehead atoms. The van der Waals surface area contributed by atoms with Crippen LogP contribution in [0.15, 0.2) is 16.7 Å². The second kappa shape index (κ2) is 5.80. The molecule has 2 aliphatic rings. The van der Waals surface area contributed by atoms with Gasteiger partial charge in [-0.15, -0.1) is 0 Å². The predicted molar refractivity (Wildman–Crippen MR) is 82.6 cm³/mol. The highest BCUT2D eigenvalue weighted by molar-refractivity contribution is 9.10. The number of anilines is 1. The van der Waals surface area contributed by atoms with E-state index in [1.807, 2.05) is 6.20 Å². The Morgan fingerprint density at radius 3 is 2.89 bits per heavy atom. The monoisotopic (exact) mass is 323 g/mol. The third-order valence-corrected chi connectivity index (χ3v) is 5.12. The summed E-state index contributed by atoms with van der Waals surface area (Å²) in [6, 6.07) is 2.70. The number of hydrogen-bond donors (Lipinski definition) is 1. The topological polar surface area (TPSA) is 28.2 Å². The fourth-order valence-corrected chi connectivity index (χ4v) is 3.27. The Bertz CT molecular complexity index is 439. The Hall–Kier alpha value is -0.610. The second-order valence-electron chi connectivity index (χ2n) is 5.91.